The summed E-state index contributed by atoms with van der Waals surface area (Å²) in [4.78, 5) is 37.6. The number of rotatable bonds is 60. The number of unbranched alkanes of at least 4 members (excludes halogenated alkanes) is 27. The molecule has 2 atom stereocenters. The van der Waals surface area contributed by atoms with E-state index in [1.807, 2.05) is 21.1 Å². The Morgan fingerprint density at radius 3 is 1.05 bits per heavy atom. The number of carboxylic acids is 1. The predicted octanol–water partition coefficient (Wildman–Crippen LogP) is 20.2. The number of allylic oxidation sites excluding steroid dienone is 18. The van der Waals surface area contributed by atoms with Crippen LogP contribution in [0.3, 0.4) is 0 Å². The summed E-state index contributed by atoms with van der Waals surface area (Å²) in [7, 11) is 5.97. The molecular weight excluding hydrogens is 1010 g/mol. The molecule has 2 unspecified atom stereocenters. The molecule has 464 valence electrons. The fraction of sp³-hybridized carbons (Fsp3) is 0.708. The van der Waals surface area contributed by atoms with Crippen LogP contribution in [0, 0.1) is 0 Å². The van der Waals surface area contributed by atoms with E-state index in [0.717, 1.165) is 96.3 Å². The van der Waals surface area contributed by atoms with Crippen LogP contribution in [0.25, 0.3) is 0 Å². The van der Waals surface area contributed by atoms with Crippen LogP contribution in [-0.2, 0) is 33.3 Å². The van der Waals surface area contributed by atoms with Gasteiger partial charge in [0.2, 0.25) is 0 Å². The SMILES string of the molecule is CC/C=C\C/C=C\C/C=C\C/C=C\C/C=C\C/C=C\CCCCCCCCCCCCC(=O)OC(COC(=O)CCCCCCCCCCCCCC/C=C\C/C=C\C/C=C\CCCCCCC)COC(OCC[N+](C)(C)C)C(=O)O. The molecule has 0 aromatic heterocycles. The number of aliphatic carboxylic acids is 1. The first-order valence-corrected chi connectivity index (χ1v) is 33.1. The summed E-state index contributed by atoms with van der Waals surface area (Å²) >= 11 is 0. The van der Waals surface area contributed by atoms with Gasteiger partial charge in [0, 0.05) is 12.8 Å². The van der Waals surface area contributed by atoms with Crippen LogP contribution in [0.2, 0.25) is 0 Å². The maximum absolute atomic E-state index is 12.9. The molecule has 9 nitrogen and oxygen atoms in total. The highest BCUT2D eigenvalue weighted by molar-refractivity contribution is 5.71. The first-order valence-electron chi connectivity index (χ1n) is 33.1. The van der Waals surface area contributed by atoms with Crippen molar-refractivity contribution in [2.45, 2.75) is 283 Å². The van der Waals surface area contributed by atoms with Crippen molar-refractivity contribution in [2.24, 2.45) is 0 Å². The van der Waals surface area contributed by atoms with Crippen LogP contribution in [-0.4, -0.2) is 87.4 Å². The smallest absolute Gasteiger partial charge is 0.361 e. The molecule has 1 N–H and O–H groups in total. The fourth-order valence-electron chi connectivity index (χ4n) is 8.97. The number of nitrogens with zero attached hydrogens (tertiary/aromatic N) is 1. The quantitative estimate of drug-likeness (QED) is 0.0211. The Kier molecular flexibility index (Phi) is 58.9. The number of esters is 2. The molecule has 0 heterocycles. The van der Waals surface area contributed by atoms with Crippen molar-refractivity contribution >= 4 is 17.9 Å². The van der Waals surface area contributed by atoms with E-state index in [-0.39, 0.29) is 32.2 Å². The number of quaternary nitrogens is 1. The first-order chi connectivity index (χ1) is 39.6. The normalized spacial score (nSPS) is 13.4. The molecule has 0 radical (unpaired) electrons. The molecule has 0 amide bonds. The van der Waals surface area contributed by atoms with Crippen molar-refractivity contribution in [3.05, 3.63) is 109 Å². The Labute approximate surface area is 498 Å². The van der Waals surface area contributed by atoms with Gasteiger partial charge in [-0.3, -0.25) is 9.59 Å². The number of carbonyl (C=O) groups is 3. The summed E-state index contributed by atoms with van der Waals surface area (Å²) < 4.78 is 23.0. The second kappa shape index (κ2) is 62.0. The van der Waals surface area contributed by atoms with Gasteiger partial charge >= 0.3 is 17.9 Å². The molecule has 9 heteroatoms. The first kappa shape index (κ1) is 77.0. The zero-order chi connectivity index (χ0) is 59.1. The Bertz CT molecular complexity index is 1700. The Hall–Kier alpha value is -4.05. The molecular formula is C72H124NO8+. The van der Waals surface area contributed by atoms with Gasteiger partial charge in [-0.15, -0.1) is 0 Å². The Balaban J connectivity index is 4.20. The molecule has 0 rings (SSSR count). The van der Waals surface area contributed by atoms with Gasteiger partial charge in [-0.05, 0) is 103 Å². The minimum atomic E-state index is -1.52. The molecule has 0 fully saturated rings. The van der Waals surface area contributed by atoms with E-state index in [1.165, 1.54) is 141 Å². The van der Waals surface area contributed by atoms with E-state index in [4.69, 9.17) is 18.9 Å². The van der Waals surface area contributed by atoms with Crippen LogP contribution < -0.4 is 0 Å². The lowest BCUT2D eigenvalue weighted by Crippen LogP contribution is -2.40. The number of likely N-dealkylation sites (N-methyl/N-ethyl adjacent to an activating group) is 1. The molecule has 0 aliphatic rings. The van der Waals surface area contributed by atoms with Crippen LogP contribution in [0.4, 0.5) is 0 Å². The molecule has 0 bridgehead atoms. The van der Waals surface area contributed by atoms with Gasteiger partial charge in [-0.1, -0.05) is 264 Å². The largest absolute Gasteiger partial charge is 0.477 e. The fourth-order valence-corrected chi connectivity index (χ4v) is 8.97. The van der Waals surface area contributed by atoms with Crippen LogP contribution in [0.15, 0.2) is 109 Å². The Morgan fingerprint density at radius 2 is 0.704 bits per heavy atom. The van der Waals surface area contributed by atoms with Crippen molar-refractivity contribution in [3.63, 3.8) is 0 Å². The molecule has 0 aliphatic carbocycles. The molecule has 0 aromatic rings. The third-order valence-electron chi connectivity index (χ3n) is 14.0. The highest BCUT2D eigenvalue weighted by atomic mass is 16.7. The van der Waals surface area contributed by atoms with E-state index in [9.17, 15) is 19.5 Å². The van der Waals surface area contributed by atoms with Crippen molar-refractivity contribution in [3.8, 4) is 0 Å². The summed E-state index contributed by atoms with van der Waals surface area (Å²) in [5.41, 5.74) is 0. The monoisotopic (exact) mass is 1130 g/mol. The van der Waals surface area contributed by atoms with Crippen molar-refractivity contribution in [1.82, 2.24) is 0 Å². The molecule has 0 aromatic carbocycles. The lowest BCUT2D eigenvalue weighted by Gasteiger charge is -2.25. The number of hydrogen-bond donors (Lipinski definition) is 1. The minimum absolute atomic E-state index is 0.182. The highest BCUT2D eigenvalue weighted by Gasteiger charge is 2.25. The van der Waals surface area contributed by atoms with E-state index >= 15 is 0 Å². The van der Waals surface area contributed by atoms with Gasteiger partial charge in [0.25, 0.3) is 6.29 Å². The molecule has 0 spiro atoms. The van der Waals surface area contributed by atoms with Gasteiger partial charge in [0.1, 0.15) is 13.2 Å². The lowest BCUT2D eigenvalue weighted by molar-refractivity contribution is -0.870. The molecule has 81 heavy (non-hydrogen) atoms. The van der Waals surface area contributed by atoms with Crippen LogP contribution >= 0.6 is 0 Å². The van der Waals surface area contributed by atoms with Gasteiger partial charge in [-0.2, -0.15) is 0 Å². The summed E-state index contributed by atoms with van der Waals surface area (Å²) in [6.45, 7) is 4.76. The van der Waals surface area contributed by atoms with Crippen molar-refractivity contribution < 1.29 is 42.9 Å². The average molecular weight is 1130 g/mol. The third-order valence-corrected chi connectivity index (χ3v) is 14.0. The molecule has 0 saturated heterocycles. The van der Waals surface area contributed by atoms with Gasteiger partial charge in [0.05, 0.1) is 34.4 Å². The summed E-state index contributed by atoms with van der Waals surface area (Å²) in [6, 6.07) is 0. The topological polar surface area (TPSA) is 108 Å². The van der Waals surface area contributed by atoms with E-state index in [1.54, 1.807) is 0 Å². The predicted molar refractivity (Wildman–Crippen MR) is 345 cm³/mol. The van der Waals surface area contributed by atoms with Gasteiger partial charge in [-0.25, -0.2) is 4.79 Å². The van der Waals surface area contributed by atoms with Crippen LogP contribution in [0.1, 0.15) is 271 Å². The number of hydrogen-bond acceptors (Lipinski definition) is 7. The number of ether oxygens (including phenoxy) is 4. The summed E-state index contributed by atoms with van der Waals surface area (Å²) in [5.74, 6) is -2.01. The van der Waals surface area contributed by atoms with Gasteiger partial charge in [0.15, 0.2) is 6.10 Å². The highest BCUT2D eigenvalue weighted by Crippen LogP contribution is 2.16. The van der Waals surface area contributed by atoms with Crippen molar-refractivity contribution in [1.29, 1.82) is 0 Å². The zero-order valence-electron chi connectivity index (χ0n) is 52.9. The lowest BCUT2D eigenvalue weighted by atomic mass is 10.0. The maximum atomic E-state index is 12.9. The van der Waals surface area contributed by atoms with E-state index < -0.39 is 24.3 Å². The van der Waals surface area contributed by atoms with Gasteiger partial charge < -0.3 is 28.5 Å². The second-order valence-electron chi connectivity index (χ2n) is 23.0. The van der Waals surface area contributed by atoms with E-state index in [0.29, 0.717) is 23.9 Å². The summed E-state index contributed by atoms with van der Waals surface area (Å²) in [6.07, 6.45) is 83.2. The minimum Gasteiger partial charge on any atom is -0.477 e. The number of carboxylic acid groups (broad SMARTS) is 1. The zero-order valence-corrected chi connectivity index (χ0v) is 52.9. The molecule has 0 saturated carbocycles. The third kappa shape index (κ3) is 63.4. The van der Waals surface area contributed by atoms with Crippen LogP contribution in [0.5, 0.6) is 0 Å². The molecule has 0 aliphatic heterocycles. The van der Waals surface area contributed by atoms with E-state index in [2.05, 4.69) is 123 Å². The number of carbonyl (C=O) groups excluding carboxylic acids is 2. The second-order valence-corrected chi connectivity index (χ2v) is 23.0. The summed E-state index contributed by atoms with van der Waals surface area (Å²) in [5, 5.41) is 9.74. The van der Waals surface area contributed by atoms with Crippen molar-refractivity contribution in [2.75, 3.05) is 47.5 Å². The maximum Gasteiger partial charge on any atom is 0.361 e. The Morgan fingerprint density at radius 1 is 0.383 bits per heavy atom. The standard InChI is InChI=1S/C72H123NO8/c1-6-8-10-12-14-16-18-20-22-24-26-28-30-32-34-35-37-39-41-43-45-47-49-51-53-55-57-59-61-63-70(75)81-68(67-80-72(71(76)77)78-65-64-73(3,4)5)66-79-69(74)62-60-58-56-54-52-50-48-46-44-42-40-38-36-33-31-29-27-25-23-21-19-17-15-13-11-9-7-2/h8,10,14,16,19-22,25-28,31-34,37,39,68,72H,6-7,9,11-13,15,17-18,23-24,29-30,35-36,38,40-67H2,1-5H3/p+1/b10-8-,16-14-,21-19-,22-20-,27-25-,28-26-,33-31-,34-32-,39-37-. The average Bonchev–Trinajstić information content (AvgIpc) is 3.44.